The molecule has 0 aliphatic carbocycles. The monoisotopic (exact) mass is 401 g/mol. The van der Waals surface area contributed by atoms with Crippen molar-refractivity contribution in [2.24, 2.45) is 16.0 Å². The van der Waals surface area contributed by atoms with Crippen LogP contribution < -0.4 is 0 Å². The molecule has 1 unspecified atom stereocenters. The van der Waals surface area contributed by atoms with E-state index in [2.05, 4.69) is 18.8 Å². The van der Waals surface area contributed by atoms with Gasteiger partial charge in [-0.3, -0.25) is 14.6 Å². The molecule has 146 valence electrons. The van der Waals surface area contributed by atoms with E-state index in [1.165, 1.54) is 11.9 Å². The maximum absolute atomic E-state index is 12.9. The number of likely N-dealkylation sites (N-methyl/N-ethyl adjacent to an activating group) is 2. The van der Waals surface area contributed by atoms with Crippen molar-refractivity contribution in [2.45, 2.75) is 19.9 Å². The van der Waals surface area contributed by atoms with E-state index < -0.39 is 6.04 Å². The molecule has 0 saturated carbocycles. The van der Waals surface area contributed by atoms with Crippen LogP contribution in [0.15, 0.2) is 34.4 Å². The van der Waals surface area contributed by atoms with Crippen LogP contribution in [-0.4, -0.2) is 82.1 Å². The largest absolute Gasteiger partial charge is 0.416 e. The van der Waals surface area contributed by atoms with Gasteiger partial charge in [0.1, 0.15) is 12.3 Å². The first-order valence-corrected chi connectivity index (χ1v) is 9.54. The van der Waals surface area contributed by atoms with E-state index in [0.29, 0.717) is 35.8 Å². The summed E-state index contributed by atoms with van der Waals surface area (Å²) in [4.78, 5) is 32.5. The summed E-state index contributed by atoms with van der Waals surface area (Å²) < 4.78 is 1.93. The lowest BCUT2D eigenvalue weighted by Gasteiger charge is -2.32. The van der Waals surface area contributed by atoms with Gasteiger partial charge in [-0.15, -0.1) is 10.1 Å². The molecule has 8 nitrogen and oxygen atoms in total. The van der Waals surface area contributed by atoms with Gasteiger partial charge in [0.05, 0.1) is 6.54 Å². The molecule has 1 fully saturated rings. The number of hydrogen-bond donors (Lipinski definition) is 0. The van der Waals surface area contributed by atoms with Crippen molar-refractivity contribution in [2.75, 3.05) is 27.2 Å². The van der Waals surface area contributed by atoms with Gasteiger partial charge in [-0.25, -0.2) is 9.37 Å². The van der Waals surface area contributed by atoms with Crippen molar-refractivity contribution >= 4 is 41.0 Å². The number of carbonyl (C=O) groups is 2. The van der Waals surface area contributed by atoms with Gasteiger partial charge < -0.3 is 0 Å². The number of guanidine groups is 1. The van der Waals surface area contributed by atoms with E-state index in [1.807, 2.05) is 33.8 Å². The number of rotatable bonds is 3. The van der Waals surface area contributed by atoms with Crippen LogP contribution in [-0.2, 0) is 4.79 Å². The molecular formula is C19H22ClN6O2+. The number of imide groups is 1. The second kappa shape index (κ2) is 6.70. The number of amides is 3. The Morgan fingerprint density at radius 3 is 2.50 bits per heavy atom. The zero-order valence-electron chi connectivity index (χ0n) is 16.3. The van der Waals surface area contributed by atoms with Gasteiger partial charge in [0.15, 0.2) is 0 Å². The molecule has 0 radical (unpaired) electrons. The molecule has 1 saturated heterocycles. The summed E-state index contributed by atoms with van der Waals surface area (Å²) in [5.41, 5.74) is 1.76. The molecule has 0 spiro atoms. The molecule has 0 bridgehead atoms. The lowest BCUT2D eigenvalue weighted by Crippen LogP contribution is -2.62. The summed E-state index contributed by atoms with van der Waals surface area (Å²) in [7, 11) is 3.14. The predicted octanol–water partition coefficient (Wildman–Crippen LogP) is 1.69. The molecule has 28 heavy (non-hydrogen) atoms. The number of aliphatic imine (C=N–C) groups is 1. The third kappa shape index (κ3) is 2.88. The minimum atomic E-state index is -0.629. The number of hydrogen-bond acceptors (Lipinski definition) is 5. The third-order valence-corrected chi connectivity index (χ3v) is 5.27. The number of hydrazone groups is 1. The summed E-state index contributed by atoms with van der Waals surface area (Å²) in [6.07, 6.45) is 0. The molecule has 0 aromatic heterocycles. The van der Waals surface area contributed by atoms with Gasteiger partial charge in [0.25, 0.3) is 5.91 Å². The molecule has 4 rings (SSSR count). The van der Waals surface area contributed by atoms with Crippen molar-refractivity contribution in [1.29, 1.82) is 0 Å². The highest BCUT2D eigenvalue weighted by molar-refractivity contribution is 6.30. The Morgan fingerprint density at radius 1 is 1.18 bits per heavy atom. The van der Waals surface area contributed by atoms with Crippen LogP contribution in [0.4, 0.5) is 4.79 Å². The molecule has 9 heteroatoms. The van der Waals surface area contributed by atoms with Crippen LogP contribution in [0.3, 0.4) is 0 Å². The Labute approximate surface area is 168 Å². The molecule has 1 aromatic rings. The topological polar surface area (TPSA) is 71.6 Å². The highest BCUT2D eigenvalue weighted by Gasteiger charge is 2.54. The van der Waals surface area contributed by atoms with E-state index >= 15 is 0 Å². The molecule has 3 aliphatic heterocycles. The van der Waals surface area contributed by atoms with Crippen molar-refractivity contribution < 1.29 is 14.2 Å². The number of halogens is 1. The highest BCUT2D eigenvalue weighted by atomic mass is 35.5. The summed E-state index contributed by atoms with van der Waals surface area (Å²) in [6, 6.07) is 6.47. The predicted molar refractivity (Wildman–Crippen MR) is 107 cm³/mol. The first-order chi connectivity index (χ1) is 13.3. The van der Waals surface area contributed by atoms with E-state index in [0.717, 1.165) is 16.2 Å². The average molecular weight is 402 g/mol. The SMILES string of the molecule is CC(C)CN1N=C(c2ccc(Cl)cc2)C[N+]2=C1N=C1C2C(=O)N(C)C(=O)N1C. The van der Waals surface area contributed by atoms with Crippen molar-refractivity contribution in [3.63, 3.8) is 0 Å². The first kappa shape index (κ1) is 18.6. The fourth-order valence-electron chi connectivity index (χ4n) is 3.60. The molecular weight excluding hydrogens is 380 g/mol. The van der Waals surface area contributed by atoms with Crippen LogP contribution in [0.1, 0.15) is 19.4 Å². The van der Waals surface area contributed by atoms with Gasteiger partial charge in [-0.05, 0) is 18.1 Å². The highest BCUT2D eigenvalue weighted by Crippen LogP contribution is 2.24. The molecule has 3 amide bonds. The number of benzene rings is 1. The Balaban J connectivity index is 1.76. The Kier molecular flexibility index (Phi) is 4.45. The lowest BCUT2D eigenvalue weighted by molar-refractivity contribution is -0.527. The fraction of sp³-hybridized carbons (Fsp3) is 0.421. The molecule has 1 aromatic carbocycles. The van der Waals surface area contributed by atoms with Crippen LogP contribution in [0.5, 0.6) is 0 Å². The van der Waals surface area contributed by atoms with Crippen LogP contribution in [0, 0.1) is 5.92 Å². The average Bonchev–Trinajstić information content (AvgIpc) is 3.05. The van der Waals surface area contributed by atoms with Crippen molar-refractivity contribution in [3.8, 4) is 0 Å². The Bertz CT molecular complexity index is 950. The summed E-state index contributed by atoms with van der Waals surface area (Å²) in [5, 5.41) is 7.29. The molecule has 3 aliphatic rings. The number of urea groups is 1. The fourth-order valence-corrected chi connectivity index (χ4v) is 3.72. The smallest absolute Gasteiger partial charge is 0.270 e. The third-order valence-electron chi connectivity index (χ3n) is 5.02. The van der Waals surface area contributed by atoms with Gasteiger partial charge in [-0.1, -0.05) is 42.6 Å². The first-order valence-electron chi connectivity index (χ1n) is 9.16. The molecule has 3 heterocycles. The Hall–Kier alpha value is -2.74. The molecule has 0 N–H and O–H groups in total. The van der Waals surface area contributed by atoms with Gasteiger partial charge in [-0.2, -0.15) is 0 Å². The number of carbonyl (C=O) groups excluding carboxylic acids is 2. The van der Waals surface area contributed by atoms with E-state index in [1.54, 1.807) is 7.05 Å². The van der Waals surface area contributed by atoms with Crippen LogP contribution >= 0.6 is 11.6 Å². The Morgan fingerprint density at radius 2 is 1.86 bits per heavy atom. The number of amidine groups is 1. The maximum atomic E-state index is 12.9. The quantitative estimate of drug-likeness (QED) is 0.723. The summed E-state index contributed by atoms with van der Waals surface area (Å²) in [5.74, 6) is 1.11. The zero-order valence-corrected chi connectivity index (χ0v) is 17.0. The van der Waals surface area contributed by atoms with Gasteiger partial charge >= 0.3 is 12.0 Å². The number of nitrogens with zero attached hydrogens (tertiary/aromatic N) is 6. The lowest BCUT2D eigenvalue weighted by atomic mass is 10.1. The van der Waals surface area contributed by atoms with Gasteiger partial charge in [0.2, 0.25) is 11.9 Å². The van der Waals surface area contributed by atoms with Gasteiger partial charge in [0, 0.05) is 24.7 Å². The number of fused-ring (bicyclic) bond motifs is 2. The summed E-state index contributed by atoms with van der Waals surface area (Å²) in [6.45, 7) is 5.26. The van der Waals surface area contributed by atoms with Crippen LogP contribution in [0.25, 0.3) is 0 Å². The van der Waals surface area contributed by atoms with Crippen LogP contribution in [0.2, 0.25) is 5.02 Å². The van der Waals surface area contributed by atoms with E-state index in [9.17, 15) is 9.59 Å². The summed E-state index contributed by atoms with van der Waals surface area (Å²) >= 11 is 6.02. The maximum Gasteiger partial charge on any atom is 0.416 e. The normalized spacial score (nSPS) is 21.9. The van der Waals surface area contributed by atoms with E-state index in [-0.39, 0.29) is 11.9 Å². The molecule has 1 atom stereocenters. The minimum Gasteiger partial charge on any atom is -0.270 e. The van der Waals surface area contributed by atoms with Crippen molar-refractivity contribution in [1.82, 2.24) is 14.8 Å². The minimum absolute atomic E-state index is 0.279. The second-order valence-electron chi connectivity index (χ2n) is 7.57. The van der Waals surface area contributed by atoms with E-state index in [4.69, 9.17) is 16.7 Å². The zero-order chi connectivity index (χ0) is 20.2. The standard InChI is InChI=1S/C19H22ClN6O2/c1-11(2)9-26-18-21-16-15(17(27)24(4)19(28)23(16)3)25(18)10-14(22-26)12-5-7-13(20)8-6-12/h5-8,11,15H,9-10H2,1-4H3/q+1. The second-order valence-corrected chi connectivity index (χ2v) is 8.01. The van der Waals surface area contributed by atoms with Crippen molar-refractivity contribution in [3.05, 3.63) is 34.9 Å².